The first-order valence-corrected chi connectivity index (χ1v) is 6.34. The highest BCUT2D eigenvalue weighted by molar-refractivity contribution is 7.97. The molecule has 0 unspecified atom stereocenters. The van der Waals surface area contributed by atoms with Crippen LogP contribution in [0.25, 0.3) is 0 Å². The minimum Gasteiger partial charge on any atom is -0.505 e. The SMILES string of the molecule is Oc1c(Cl)cc(Cl)cc1SNC1CCC1. The zero-order valence-corrected chi connectivity index (χ0v) is 10.3. The Morgan fingerprint density at radius 2 is 2.07 bits per heavy atom. The smallest absolute Gasteiger partial charge is 0.149 e. The van der Waals surface area contributed by atoms with E-state index in [9.17, 15) is 5.11 Å². The first-order valence-electron chi connectivity index (χ1n) is 4.77. The van der Waals surface area contributed by atoms with Gasteiger partial charge >= 0.3 is 0 Å². The lowest BCUT2D eigenvalue weighted by molar-refractivity contribution is 0.395. The van der Waals surface area contributed by atoms with Gasteiger partial charge in [-0.1, -0.05) is 29.6 Å². The van der Waals surface area contributed by atoms with E-state index in [1.54, 1.807) is 6.07 Å². The van der Waals surface area contributed by atoms with Crippen LogP contribution in [0.4, 0.5) is 0 Å². The van der Waals surface area contributed by atoms with Gasteiger partial charge in [-0.3, -0.25) is 4.72 Å². The standard InChI is InChI=1S/C10H11Cl2NOS/c11-6-4-8(12)10(14)9(5-6)15-13-7-2-1-3-7/h4-5,7,13-14H,1-3H2. The summed E-state index contributed by atoms with van der Waals surface area (Å²) in [5, 5.41) is 10.5. The summed E-state index contributed by atoms with van der Waals surface area (Å²) in [4.78, 5) is 0.680. The molecule has 0 aliphatic heterocycles. The highest BCUT2D eigenvalue weighted by Gasteiger charge is 2.18. The Labute approximate surface area is 103 Å². The van der Waals surface area contributed by atoms with Gasteiger partial charge in [-0.2, -0.15) is 0 Å². The number of hydrogen-bond donors (Lipinski definition) is 2. The van der Waals surface area contributed by atoms with E-state index in [0.29, 0.717) is 21.0 Å². The van der Waals surface area contributed by atoms with Gasteiger partial charge in [0.15, 0.2) is 0 Å². The third-order valence-corrected chi connectivity index (χ3v) is 3.92. The molecule has 0 radical (unpaired) electrons. The number of hydrogen-bond acceptors (Lipinski definition) is 3. The molecule has 82 valence electrons. The summed E-state index contributed by atoms with van der Waals surface area (Å²) in [7, 11) is 0. The first kappa shape index (κ1) is 11.4. The molecule has 0 heterocycles. The summed E-state index contributed by atoms with van der Waals surface area (Å²) in [6, 6.07) is 3.79. The van der Waals surface area contributed by atoms with Crippen molar-refractivity contribution in [3.63, 3.8) is 0 Å². The van der Waals surface area contributed by atoms with Gasteiger partial charge in [0, 0.05) is 11.1 Å². The van der Waals surface area contributed by atoms with Crippen LogP contribution >= 0.6 is 35.1 Å². The normalized spacial score (nSPS) is 16.4. The van der Waals surface area contributed by atoms with Gasteiger partial charge in [0.2, 0.25) is 0 Å². The zero-order valence-electron chi connectivity index (χ0n) is 7.96. The molecule has 2 N–H and O–H groups in total. The highest BCUT2D eigenvalue weighted by Crippen LogP contribution is 2.37. The number of benzene rings is 1. The number of phenols is 1. The van der Waals surface area contributed by atoms with Crippen LogP contribution < -0.4 is 4.72 Å². The lowest BCUT2D eigenvalue weighted by Crippen LogP contribution is -2.29. The molecule has 0 bridgehead atoms. The lowest BCUT2D eigenvalue weighted by Gasteiger charge is -2.25. The minimum atomic E-state index is 0.0953. The van der Waals surface area contributed by atoms with Crippen LogP contribution in [0.3, 0.4) is 0 Å². The van der Waals surface area contributed by atoms with Crippen molar-refractivity contribution in [2.45, 2.75) is 30.2 Å². The van der Waals surface area contributed by atoms with Crippen molar-refractivity contribution in [3.8, 4) is 5.75 Å². The average Bonchev–Trinajstić information content (AvgIpc) is 2.10. The molecule has 1 aliphatic rings. The molecule has 1 aromatic rings. The Kier molecular flexibility index (Phi) is 3.67. The number of phenolic OH excluding ortho intramolecular Hbond substituents is 1. The molecule has 5 heteroatoms. The minimum absolute atomic E-state index is 0.0953. The van der Waals surface area contributed by atoms with E-state index < -0.39 is 0 Å². The predicted octanol–water partition coefficient (Wildman–Crippen LogP) is 3.85. The van der Waals surface area contributed by atoms with Crippen LogP contribution in [-0.2, 0) is 0 Å². The summed E-state index contributed by atoms with van der Waals surface area (Å²) in [6.07, 6.45) is 3.67. The average molecular weight is 264 g/mol. The molecule has 1 saturated carbocycles. The second-order valence-corrected chi connectivity index (χ2v) is 5.31. The van der Waals surface area contributed by atoms with Crippen LogP contribution in [0.1, 0.15) is 19.3 Å². The molecular weight excluding hydrogens is 253 g/mol. The second kappa shape index (κ2) is 4.83. The summed E-state index contributed by atoms with van der Waals surface area (Å²) in [5.74, 6) is 0.0953. The van der Waals surface area contributed by atoms with E-state index in [4.69, 9.17) is 23.2 Å². The Balaban J connectivity index is 2.05. The Morgan fingerprint density at radius 3 is 2.67 bits per heavy atom. The summed E-state index contributed by atoms with van der Waals surface area (Å²) >= 11 is 13.0. The fourth-order valence-corrected chi connectivity index (χ4v) is 2.83. The second-order valence-electron chi connectivity index (χ2n) is 3.58. The highest BCUT2D eigenvalue weighted by atomic mass is 35.5. The topological polar surface area (TPSA) is 32.3 Å². The molecule has 1 aromatic carbocycles. The Hall–Kier alpha value is -0.0900. The molecule has 0 spiro atoms. The molecule has 2 rings (SSSR count). The van der Waals surface area contributed by atoms with E-state index in [1.165, 1.54) is 37.3 Å². The largest absolute Gasteiger partial charge is 0.505 e. The fourth-order valence-electron chi connectivity index (χ4n) is 1.29. The number of aromatic hydroxyl groups is 1. The Morgan fingerprint density at radius 1 is 1.33 bits per heavy atom. The molecule has 1 fully saturated rings. The molecule has 0 amide bonds. The van der Waals surface area contributed by atoms with Gasteiger partial charge in [0.1, 0.15) is 5.75 Å². The molecule has 0 aromatic heterocycles. The number of nitrogens with one attached hydrogen (secondary N) is 1. The number of rotatable bonds is 3. The molecule has 15 heavy (non-hydrogen) atoms. The van der Waals surface area contributed by atoms with Crippen molar-refractivity contribution in [2.24, 2.45) is 0 Å². The lowest BCUT2D eigenvalue weighted by atomic mass is 9.94. The monoisotopic (exact) mass is 263 g/mol. The van der Waals surface area contributed by atoms with E-state index in [-0.39, 0.29) is 5.75 Å². The first-order chi connectivity index (χ1) is 7.16. The summed E-state index contributed by atoms with van der Waals surface area (Å²) in [5.41, 5.74) is 0. The molecule has 0 saturated heterocycles. The quantitative estimate of drug-likeness (QED) is 0.813. The van der Waals surface area contributed by atoms with E-state index in [2.05, 4.69) is 4.72 Å². The number of halogens is 2. The zero-order chi connectivity index (χ0) is 10.8. The fraction of sp³-hybridized carbons (Fsp3) is 0.400. The third kappa shape index (κ3) is 2.72. The maximum Gasteiger partial charge on any atom is 0.149 e. The predicted molar refractivity (Wildman–Crippen MR) is 64.8 cm³/mol. The van der Waals surface area contributed by atoms with Crippen molar-refractivity contribution >= 4 is 35.1 Å². The van der Waals surface area contributed by atoms with Crippen LogP contribution in [0.2, 0.25) is 10.0 Å². The van der Waals surface area contributed by atoms with E-state index >= 15 is 0 Å². The van der Waals surface area contributed by atoms with Crippen LogP contribution in [0.15, 0.2) is 17.0 Å². The molecule has 0 atom stereocenters. The maximum absolute atomic E-state index is 9.67. The van der Waals surface area contributed by atoms with Gasteiger partial charge < -0.3 is 5.11 Å². The third-order valence-electron chi connectivity index (χ3n) is 2.43. The van der Waals surface area contributed by atoms with Crippen LogP contribution in [0.5, 0.6) is 5.75 Å². The molecule has 2 nitrogen and oxygen atoms in total. The van der Waals surface area contributed by atoms with Crippen molar-refractivity contribution in [1.82, 2.24) is 4.72 Å². The van der Waals surface area contributed by atoms with Crippen LogP contribution in [-0.4, -0.2) is 11.1 Å². The summed E-state index contributed by atoms with van der Waals surface area (Å²) < 4.78 is 3.27. The summed E-state index contributed by atoms with van der Waals surface area (Å²) in [6.45, 7) is 0. The van der Waals surface area contributed by atoms with Crippen molar-refractivity contribution in [2.75, 3.05) is 0 Å². The van der Waals surface area contributed by atoms with Gasteiger partial charge in [0.05, 0.1) is 9.92 Å². The van der Waals surface area contributed by atoms with E-state index in [1.807, 2.05) is 0 Å². The Bertz CT molecular complexity index is 369. The van der Waals surface area contributed by atoms with E-state index in [0.717, 1.165) is 0 Å². The van der Waals surface area contributed by atoms with Crippen molar-refractivity contribution in [3.05, 3.63) is 22.2 Å². The van der Waals surface area contributed by atoms with Gasteiger partial charge in [-0.05, 0) is 36.9 Å². The van der Waals surface area contributed by atoms with Crippen molar-refractivity contribution in [1.29, 1.82) is 0 Å². The van der Waals surface area contributed by atoms with Gasteiger partial charge in [-0.15, -0.1) is 0 Å². The van der Waals surface area contributed by atoms with Gasteiger partial charge in [-0.25, -0.2) is 0 Å². The maximum atomic E-state index is 9.67. The van der Waals surface area contributed by atoms with Crippen molar-refractivity contribution < 1.29 is 5.11 Å². The van der Waals surface area contributed by atoms with Gasteiger partial charge in [0.25, 0.3) is 0 Å². The van der Waals surface area contributed by atoms with Crippen LogP contribution in [0, 0.1) is 0 Å². The molecule has 1 aliphatic carbocycles. The molecular formula is C10H11Cl2NOS.